The first-order valence-electron chi connectivity index (χ1n) is 11.4. The smallest absolute Gasteiger partial charge is 0.170 e. The van der Waals surface area contributed by atoms with Crippen LogP contribution in [0.5, 0.6) is 5.75 Å². The Hall–Kier alpha value is -2.77. The van der Waals surface area contributed by atoms with E-state index in [1.165, 1.54) is 25.3 Å². The Balaban J connectivity index is 1.75. The summed E-state index contributed by atoms with van der Waals surface area (Å²) >= 11 is 5.92. The summed E-state index contributed by atoms with van der Waals surface area (Å²) in [6.07, 6.45) is 5.57. The molecule has 1 aliphatic rings. The normalized spacial score (nSPS) is 18.4. The van der Waals surface area contributed by atoms with E-state index in [0.717, 1.165) is 38.3 Å². The van der Waals surface area contributed by atoms with Gasteiger partial charge in [0.1, 0.15) is 5.82 Å². The zero-order chi connectivity index (χ0) is 24.6. The molecular weight excluding hydrogens is 460 g/mol. The van der Waals surface area contributed by atoms with Gasteiger partial charge in [0.15, 0.2) is 17.3 Å². The number of pyridine rings is 1. The minimum Gasteiger partial charge on any atom is -0.504 e. The number of nitrogens with zero attached hydrogens (tertiary/aromatic N) is 2. The summed E-state index contributed by atoms with van der Waals surface area (Å²) in [4.78, 5) is 18.9. The zero-order valence-electron chi connectivity index (χ0n) is 19.5. The van der Waals surface area contributed by atoms with Crippen LogP contribution in [0.2, 0.25) is 5.02 Å². The number of ketones is 1. The molecule has 3 aromatic rings. The lowest BCUT2D eigenvalue weighted by Crippen LogP contribution is -2.31. The standard InChI is InChI=1S/C26H28ClF2N3O2/c1-14(33)20-12-30-24-11-22(28)18(16-8-21(27)26(34)23(29)9-16)10-19(24)25(20)31-17-6-4-15(5-7-17)13-32(2)3/h8-12,15,17,34H,4-7,13H2,1-3H3,(H,30,31)/t15-,17-. The molecule has 180 valence electrons. The van der Waals surface area contributed by atoms with Crippen molar-refractivity contribution < 1.29 is 18.7 Å². The molecule has 0 saturated heterocycles. The summed E-state index contributed by atoms with van der Waals surface area (Å²) < 4.78 is 29.1. The van der Waals surface area contributed by atoms with Crippen molar-refractivity contribution >= 4 is 34.0 Å². The minimum absolute atomic E-state index is 0.105. The van der Waals surface area contributed by atoms with Crippen molar-refractivity contribution in [2.45, 2.75) is 38.6 Å². The van der Waals surface area contributed by atoms with Crippen LogP contribution in [-0.2, 0) is 0 Å². The fraction of sp³-hybridized carbons (Fsp3) is 0.385. The van der Waals surface area contributed by atoms with Crippen LogP contribution in [0.1, 0.15) is 43.0 Å². The van der Waals surface area contributed by atoms with Gasteiger partial charge in [-0.25, -0.2) is 8.78 Å². The SMILES string of the molecule is CC(=O)c1cnc2cc(F)c(-c3cc(F)c(O)c(Cl)c3)cc2c1N[C@H]1CC[C@H](CN(C)C)CC1. The molecule has 5 nitrogen and oxygen atoms in total. The molecular formula is C26H28ClF2N3O2. The number of phenolic OH excluding ortho intramolecular Hbond substituents is 1. The van der Waals surface area contributed by atoms with Gasteiger partial charge in [0.05, 0.1) is 21.8 Å². The number of anilines is 1. The topological polar surface area (TPSA) is 65.5 Å². The van der Waals surface area contributed by atoms with E-state index in [1.54, 1.807) is 6.07 Å². The number of aromatic nitrogens is 1. The number of phenols is 1. The fourth-order valence-corrected chi connectivity index (χ4v) is 5.00. The number of aromatic hydroxyl groups is 1. The molecule has 0 amide bonds. The Labute approximate surface area is 202 Å². The molecule has 34 heavy (non-hydrogen) atoms. The van der Waals surface area contributed by atoms with E-state index in [9.17, 15) is 14.3 Å². The third-order valence-corrected chi connectivity index (χ3v) is 6.77. The zero-order valence-corrected chi connectivity index (χ0v) is 20.2. The van der Waals surface area contributed by atoms with E-state index in [1.807, 2.05) is 0 Å². The molecule has 0 bridgehead atoms. The lowest BCUT2D eigenvalue weighted by atomic mass is 9.85. The summed E-state index contributed by atoms with van der Waals surface area (Å²) in [5.41, 5.74) is 1.72. The molecule has 0 aliphatic heterocycles. The largest absolute Gasteiger partial charge is 0.504 e. The van der Waals surface area contributed by atoms with E-state index < -0.39 is 17.4 Å². The fourth-order valence-electron chi connectivity index (χ4n) is 4.79. The summed E-state index contributed by atoms with van der Waals surface area (Å²) in [7, 11) is 4.16. The number of benzene rings is 2. The number of halogens is 3. The predicted octanol–water partition coefficient (Wildman–Crippen LogP) is 6.27. The van der Waals surface area contributed by atoms with Gasteiger partial charge in [-0.3, -0.25) is 9.78 Å². The number of nitrogens with one attached hydrogen (secondary N) is 1. The maximum Gasteiger partial charge on any atom is 0.170 e. The highest BCUT2D eigenvalue weighted by Gasteiger charge is 2.24. The first-order chi connectivity index (χ1) is 16.1. The highest BCUT2D eigenvalue weighted by Crippen LogP contribution is 2.38. The second-order valence-electron chi connectivity index (χ2n) is 9.36. The summed E-state index contributed by atoms with van der Waals surface area (Å²) in [5.74, 6) is -1.73. The van der Waals surface area contributed by atoms with Gasteiger partial charge in [-0.1, -0.05) is 11.6 Å². The molecule has 4 rings (SSSR count). The summed E-state index contributed by atoms with van der Waals surface area (Å²) in [6, 6.07) is 5.35. The van der Waals surface area contributed by atoms with Crippen molar-refractivity contribution in [1.82, 2.24) is 9.88 Å². The van der Waals surface area contributed by atoms with Crippen molar-refractivity contribution in [3.8, 4) is 16.9 Å². The van der Waals surface area contributed by atoms with Gasteiger partial charge in [-0.2, -0.15) is 0 Å². The van der Waals surface area contributed by atoms with Gasteiger partial charge >= 0.3 is 0 Å². The van der Waals surface area contributed by atoms with Gasteiger partial charge in [0, 0.05) is 35.8 Å². The number of hydrogen-bond donors (Lipinski definition) is 2. The van der Waals surface area contributed by atoms with Crippen LogP contribution in [-0.4, -0.2) is 47.5 Å². The molecule has 2 N–H and O–H groups in total. The third kappa shape index (κ3) is 5.00. The number of rotatable bonds is 6. The number of Topliss-reactive ketones (excluding diaryl/α,β-unsaturated/α-hetero) is 1. The van der Waals surface area contributed by atoms with E-state index in [2.05, 4.69) is 29.3 Å². The van der Waals surface area contributed by atoms with E-state index in [4.69, 9.17) is 11.6 Å². The van der Waals surface area contributed by atoms with Crippen molar-refractivity contribution in [2.75, 3.05) is 26.0 Å². The third-order valence-electron chi connectivity index (χ3n) is 6.48. The lowest BCUT2D eigenvalue weighted by Gasteiger charge is -2.32. The second-order valence-corrected chi connectivity index (χ2v) is 9.77. The average Bonchev–Trinajstić information content (AvgIpc) is 2.77. The molecule has 0 unspecified atom stereocenters. The Bertz CT molecular complexity index is 1220. The number of carbonyl (C=O) groups is 1. The van der Waals surface area contributed by atoms with Crippen molar-refractivity contribution in [2.24, 2.45) is 5.92 Å². The maximum atomic E-state index is 15.0. The molecule has 0 atom stereocenters. The molecule has 1 fully saturated rings. The van der Waals surface area contributed by atoms with Crippen molar-refractivity contribution in [3.63, 3.8) is 0 Å². The van der Waals surface area contributed by atoms with Gasteiger partial charge in [-0.05, 0) is 76.4 Å². The highest BCUT2D eigenvalue weighted by atomic mass is 35.5. The highest BCUT2D eigenvalue weighted by molar-refractivity contribution is 6.32. The van der Waals surface area contributed by atoms with Crippen LogP contribution >= 0.6 is 11.6 Å². The first kappa shape index (κ1) is 24.4. The molecule has 1 heterocycles. The van der Waals surface area contributed by atoms with Gasteiger partial charge in [0.2, 0.25) is 0 Å². The van der Waals surface area contributed by atoms with Crippen LogP contribution in [0.25, 0.3) is 22.0 Å². The number of hydrogen-bond acceptors (Lipinski definition) is 5. The monoisotopic (exact) mass is 487 g/mol. The van der Waals surface area contributed by atoms with Gasteiger partial charge in [-0.15, -0.1) is 0 Å². The number of carbonyl (C=O) groups excluding carboxylic acids is 1. The molecule has 1 aromatic heterocycles. The van der Waals surface area contributed by atoms with E-state index >= 15 is 4.39 Å². The van der Waals surface area contributed by atoms with Crippen molar-refractivity contribution in [1.29, 1.82) is 0 Å². The summed E-state index contributed by atoms with van der Waals surface area (Å²) in [5, 5.41) is 13.6. The van der Waals surface area contributed by atoms with E-state index in [0.29, 0.717) is 28.1 Å². The molecule has 8 heteroatoms. The van der Waals surface area contributed by atoms with Crippen LogP contribution in [0.3, 0.4) is 0 Å². The quantitative estimate of drug-likeness (QED) is 0.401. The lowest BCUT2D eigenvalue weighted by molar-refractivity contribution is 0.101. The van der Waals surface area contributed by atoms with Gasteiger partial charge < -0.3 is 15.3 Å². The Morgan fingerprint density at radius 1 is 1.15 bits per heavy atom. The van der Waals surface area contributed by atoms with Crippen molar-refractivity contribution in [3.05, 3.63) is 52.7 Å². The Morgan fingerprint density at radius 3 is 2.47 bits per heavy atom. The molecule has 2 aromatic carbocycles. The average molecular weight is 488 g/mol. The minimum atomic E-state index is -0.939. The second kappa shape index (κ2) is 9.84. The Morgan fingerprint density at radius 2 is 1.85 bits per heavy atom. The van der Waals surface area contributed by atoms with Gasteiger partial charge in [0.25, 0.3) is 0 Å². The van der Waals surface area contributed by atoms with Crippen LogP contribution in [0.15, 0.2) is 30.5 Å². The molecule has 0 radical (unpaired) electrons. The Kier molecular flexibility index (Phi) is 7.05. The number of fused-ring (bicyclic) bond motifs is 1. The van der Waals surface area contributed by atoms with Crippen LogP contribution in [0, 0.1) is 17.6 Å². The van der Waals surface area contributed by atoms with Crippen LogP contribution in [0.4, 0.5) is 14.5 Å². The van der Waals surface area contributed by atoms with E-state index in [-0.39, 0.29) is 28.0 Å². The predicted molar refractivity (Wildman–Crippen MR) is 132 cm³/mol. The maximum absolute atomic E-state index is 15.0. The summed E-state index contributed by atoms with van der Waals surface area (Å²) in [6.45, 7) is 2.53. The molecule has 1 saturated carbocycles. The van der Waals surface area contributed by atoms with Crippen LogP contribution < -0.4 is 5.32 Å². The first-order valence-corrected chi connectivity index (χ1v) is 11.7. The molecule has 0 spiro atoms. The molecule has 1 aliphatic carbocycles.